The minimum absolute atomic E-state index is 0.294. The van der Waals surface area contributed by atoms with Crippen molar-refractivity contribution in [2.75, 3.05) is 13.2 Å². The second-order valence-electron chi connectivity index (χ2n) is 3.19. The molecule has 0 radical (unpaired) electrons. The van der Waals surface area contributed by atoms with Gasteiger partial charge >= 0.3 is 5.97 Å². The number of hydrogen-bond acceptors (Lipinski definition) is 3. The van der Waals surface area contributed by atoms with Gasteiger partial charge in [-0.1, -0.05) is 6.58 Å². The summed E-state index contributed by atoms with van der Waals surface area (Å²) in [6.45, 7) is 3.98. The van der Waals surface area contributed by atoms with Crippen molar-refractivity contribution in [2.45, 2.75) is 18.4 Å². The number of amides is 1. The summed E-state index contributed by atoms with van der Waals surface area (Å²) in [5, 5.41) is 11.5. The molecule has 0 aliphatic carbocycles. The Kier molecular flexibility index (Phi) is 3.24. The number of rotatable bonds is 3. The van der Waals surface area contributed by atoms with Crippen LogP contribution in [0.4, 0.5) is 0 Å². The molecule has 1 amide bonds. The Bertz CT molecular complexity index is 256. The Morgan fingerprint density at radius 1 is 1.43 bits per heavy atom. The maximum Gasteiger partial charge on any atom is 0.329 e. The fourth-order valence-electron chi connectivity index (χ4n) is 1.40. The van der Waals surface area contributed by atoms with Crippen LogP contribution in [0, 0.1) is 0 Å². The summed E-state index contributed by atoms with van der Waals surface area (Å²) in [4.78, 5) is 22.1. The molecule has 2 N–H and O–H groups in total. The van der Waals surface area contributed by atoms with Gasteiger partial charge in [-0.15, -0.1) is 0 Å². The molecular weight excluding hydrogens is 186 g/mol. The molecule has 0 aromatic carbocycles. The zero-order valence-corrected chi connectivity index (χ0v) is 7.78. The van der Waals surface area contributed by atoms with Gasteiger partial charge in [-0.05, 0) is 6.08 Å². The number of hydrogen-bond donors (Lipinski definition) is 2. The molecule has 5 heteroatoms. The van der Waals surface area contributed by atoms with Crippen LogP contribution >= 0.6 is 0 Å². The van der Waals surface area contributed by atoms with E-state index in [4.69, 9.17) is 9.84 Å². The first kappa shape index (κ1) is 10.7. The van der Waals surface area contributed by atoms with Crippen LogP contribution in [-0.2, 0) is 14.3 Å². The van der Waals surface area contributed by atoms with Crippen LogP contribution in [0.5, 0.6) is 0 Å². The first-order chi connectivity index (χ1) is 6.60. The van der Waals surface area contributed by atoms with Gasteiger partial charge < -0.3 is 15.2 Å². The van der Waals surface area contributed by atoms with Crippen molar-refractivity contribution >= 4 is 11.9 Å². The average Bonchev–Trinajstić information content (AvgIpc) is 2.19. The minimum atomic E-state index is -1.18. The number of nitrogens with one attached hydrogen (secondary N) is 1. The third-order valence-corrected chi connectivity index (χ3v) is 2.30. The van der Waals surface area contributed by atoms with Gasteiger partial charge in [-0.2, -0.15) is 0 Å². The van der Waals surface area contributed by atoms with Gasteiger partial charge in [0.2, 0.25) is 5.91 Å². The number of aliphatic carboxylic acids is 1. The third kappa shape index (κ3) is 2.11. The van der Waals surface area contributed by atoms with Crippen molar-refractivity contribution in [2.24, 2.45) is 0 Å². The maximum absolute atomic E-state index is 11.1. The van der Waals surface area contributed by atoms with Gasteiger partial charge in [0.15, 0.2) is 0 Å². The Balaban J connectivity index is 2.75. The highest BCUT2D eigenvalue weighted by atomic mass is 16.5. The van der Waals surface area contributed by atoms with Gasteiger partial charge in [-0.25, -0.2) is 4.79 Å². The molecule has 0 aromatic rings. The summed E-state index contributed by atoms with van der Waals surface area (Å²) in [6.07, 6.45) is 1.66. The normalized spacial score (nSPS) is 19.7. The van der Waals surface area contributed by atoms with Crippen molar-refractivity contribution in [3.63, 3.8) is 0 Å². The van der Waals surface area contributed by atoms with Gasteiger partial charge in [0, 0.05) is 26.1 Å². The molecule has 5 nitrogen and oxygen atoms in total. The summed E-state index contributed by atoms with van der Waals surface area (Å²) in [6, 6.07) is 0. The number of carbonyl (C=O) groups is 2. The van der Waals surface area contributed by atoms with E-state index >= 15 is 0 Å². The van der Waals surface area contributed by atoms with E-state index < -0.39 is 17.4 Å². The standard InChI is InChI=1S/C9H13NO4/c1-2-7(11)10-9(8(12)13)3-5-14-6-4-9/h2H,1,3-6H2,(H,10,11)(H,12,13). The fraction of sp³-hybridized carbons (Fsp3) is 0.556. The summed E-state index contributed by atoms with van der Waals surface area (Å²) < 4.78 is 5.05. The second-order valence-corrected chi connectivity index (χ2v) is 3.19. The van der Waals surface area contributed by atoms with E-state index in [0.717, 1.165) is 6.08 Å². The lowest BCUT2D eigenvalue weighted by Crippen LogP contribution is -2.57. The van der Waals surface area contributed by atoms with E-state index in [1.165, 1.54) is 0 Å². The molecule has 14 heavy (non-hydrogen) atoms. The predicted molar refractivity (Wildman–Crippen MR) is 48.8 cm³/mol. The van der Waals surface area contributed by atoms with Gasteiger partial charge in [0.05, 0.1) is 0 Å². The van der Waals surface area contributed by atoms with Crippen LogP contribution in [0.3, 0.4) is 0 Å². The molecule has 0 unspecified atom stereocenters. The highest BCUT2D eigenvalue weighted by Crippen LogP contribution is 2.20. The molecule has 78 valence electrons. The summed E-state index contributed by atoms with van der Waals surface area (Å²) in [7, 11) is 0. The molecular formula is C9H13NO4. The van der Waals surface area contributed by atoms with Crippen molar-refractivity contribution in [1.29, 1.82) is 0 Å². The summed E-state index contributed by atoms with van der Waals surface area (Å²) in [5.74, 6) is -1.48. The smallest absolute Gasteiger partial charge is 0.329 e. The molecule has 1 aliphatic rings. The summed E-state index contributed by atoms with van der Waals surface area (Å²) >= 11 is 0. The molecule has 0 saturated carbocycles. The van der Waals surface area contributed by atoms with Crippen LogP contribution in [0.2, 0.25) is 0 Å². The monoisotopic (exact) mass is 199 g/mol. The predicted octanol–water partition coefficient (Wildman–Crippen LogP) is -0.0776. The van der Waals surface area contributed by atoms with Crippen molar-refractivity contribution in [3.05, 3.63) is 12.7 Å². The lowest BCUT2D eigenvalue weighted by Gasteiger charge is -2.33. The highest BCUT2D eigenvalue weighted by Gasteiger charge is 2.41. The zero-order chi connectivity index (χ0) is 10.6. The van der Waals surface area contributed by atoms with E-state index in [2.05, 4.69) is 11.9 Å². The van der Waals surface area contributed by atoms with E-state index in [1.54, 1.807) is 0 Å². The molecule has 0 aromatic heterocycles. The van der Waals surface area contributed by atoms with Gasteiger partial charge in [-0.3, -0.25) is 4.79 Å². The SMILES string of the molecule is C=CC(=O)NC1(C(=O)O)CCOCC1. The maximum atomic E-state index is 11.1. The third-order valence-electron chi connectivity index (χ3n) is 2.30. The van der Waals surface area contributed by atoms with Crippen molar-refractivity contribution in [1.82, 2.24) is 5.32 Å². The Labute approximate surface area is 81.7 Å². The van der Waals surface area contributed by atoms with Gasteiger partial charge in [0.1, 0.15) is 5.54 Å². The van der Waals surface area contributed by atoms with E-state index in [9.17, 15) is 9.59 Å². The first-order valence-electron chi connectivity index (χ1n) is 4.36. The van der Waals surface area contributed by atoms with E-state index in [-0.39, 0.29) is 0 Å². The van der Waals surface area contributed by atoms with Crippen LogP contribution in [0.15, 0.2) is 12.7 Å². The highest BCUT2D eigenvalue weighted by molar-refractivity contribution is 5.92. The number of carbonyl (C=O) groups excluding carboxylic acids is 1. The van der Waals surface area contributed by atoms with Crippen LogP contribution < -0.4 is 5.32 Å². The lowest BCUT2D eigenvalue weighted by atomic mass is 9.90. The largest absolute Gasteiger partial charge is 0.480 e. The Hall–Kier alpha value is -1.36. The molecule has 1 rings (SSSR count). The van der Waals surface area contributed by atoms with Crippen LogP contribution in [0.1, 0.15) is 12.8 Å². The number of ether oxygens (including phenoxy) is 1. The van der Waals surface area contributed by atoms with Crippen molar-refractivity contribution in [3.8, 4) is 0 Å². The number of carboxylic acid groups (broad SMARTS) is 1. The number of carboxylic acids is 1. The molecule has 0 atom stereocenters. The Morgan fingerprint density at radius 2 is 2.00 bits per heavy atom. The molecule has 1 fully saturated rings. The van der Waals surface area contributed by atoms with E-state index in [1.807, 2.05) is 0 Å². The summed E-state index contributed by atoms with van der Waals surface area (Å²) in [5.41, 5.74) is -1.18. The first-order valence-corrected chi connectivity index (χ1v) is 4.36. The van der Waals surface area contributed by atoms with Crippen molar-refractivity contribution < 1.29 is 19.4 Å². The molecule has 1 aliphatic heterocycles. The van der Waals surface area contributed by atoms with Gasteiger partial charge in [0.25, 0.3) is 0 Å². The van der Waals surface area contributed by atoms with Crippen LogP contribution in [0.25, 0.3) is 0 Å². The zero-order valence-electron chi connectivity index (χ0n) is 7.78. The second kappa shape index (κ2) is 4.23. The van der Waals surface area contributed by atoms with Crippen LogP contribution in [-0.4, -0.2) is 35.7 Å². The molecule has 0 bridgehead atoms. The quantitative estimate of drug-likeness (QED) is 0.623. The molecule has 1 heterocycles. The lowest BCUT2D eigenvalue weighted by molar-refractivity contribution is -0.151. The minimum Gasteiger partial charge on any atom is -0.480 e. The average molecular weight is 199 g/mol. The Morgan fingerprint density at radius 3 is 2.43 bits per heavy atom. The molecule has 0 spiro atoms. The topological polar surface area (TPSA) is 75.6 Å². The fourth-order valence-corrected chi connectivity index (χ4v) is 1.40. The molecule has 1 saturated heterocycles. The van der Waals surface area contributed by atoms with E-state index in [0.29, 0.717) is 26.1 Å².